The molecule has 1 atom stereocenters. The summed E-state index contributed by atoms with van der Waals surface area (Å²) >= 11 is 0. The van der Waals surface area contributed by atoms with E-state index in [1.807, 2.05) is 0 Å². The standard InChI is InChI=1S/C10H17NO5/c1-9(2,3)16-8(14)11-10(4,6-12)7(13)15-5/h6H,1-5H3,(H,11,14). The molecule has 0 aromatic heterocycles. The Hall–Kier alpha value is -1.59. The van der Waals surface area contributed by atoms with Gasteiger partial charge in [-0.25, -0.2) is 9.59 Å². The lowest BCUT2D eigenvalue weighted by molar-refractivity contribution is -0.149. The van der Waals surface area contributed by atoms with Crippen LogP contribution in [0, 0.1) is 0 Å². The van der Waals surface area contributed by atoms with Crippen LogP contribution in [0.3, 0.4) is 0 Å². The van der Waals surface area contributed by atoms with Gasteiger partial charge in [-0.15, -0.1) is 0 Å². The average Bonchev–Trinajstić information content (AvgIpc) is 2.13. The number of rotatable bonds is 3. The molecule has 0 aliphatic carbocycles. The highest BCUT2D eigenvalue weighted by molar-refractivity contribution is 6.00. The summed E-state index contributed by atoms with van der Waals surface area (Å²) in [6.45, 7) is 6.24. The van der Waals surface area contributed by atoms with Gasteiger partial charge in [0.1, 0.15) is 5.60 Å². The molecule has 0 radical (unpaired) electrons. The maximum absolute atomic E-state index is 11.4. The van der Waals surface area contributed by atoms with Crippen molar-refractivity contribution in [2.24, 2.45) is 0 Å². The zero-order chi connectivity index (χ0) is 13.0. The van der Waals surface area contributed by atoms with Gasteiger partial charge < -0.3 is 14.3 Å². The number of hydrogen-bond donors (Lipinski definition) is 1. The van der Waals surface area contributed by atoms with Gasteiger partial charge in [-0.05, 0) is 27.7 Å². The van der Waals surface area contributed by atoms with Gasteiger partial charge in [0.25, 0.3) is 0 Å². The Morgan fingerprint density at radius 2 is 1.69 bits per heavy atom. The van der Waals surface area contributed by atoms with E-state index in [0.29, 0.717) is 6.29 Å². The molecule has 92 valence electrons. The van der Waals surface area contributed by atoms with Crippen molar-refractivity contribution in [2.45, 2.75) is 38.8 Å². The molecule has 6 nitrogen and oxygen atoms in total. The number of ether oxygens (including phenoxy) is 2. The van der Waals surface area contributed by atoms with Gasteiger partial charge in [0.15, 0.2) is 11.8 Å². The minimum absolute atomic E-state index is 0.294. The van der Waals surface area contributed by atoms with Crippen molar-refractivity contribution < 1.29 is 23.9 Å². The zero-order valence-corrected chi connectivity index (χ0v) is 10.1. The molecule has 0 saturated heterocycles. The van der Waals surface area contributed by atoms with Crippen LogP contribution in [0.2, 0.25) is 0 Å². The van der Waals surface area contributed by atoms with Gasteiger partial charge in [0.05, 0.1) is 7.11 Å². The lowest BCUT2D eigenvalue weighted by Gasteiger charge is -2.25. The maximum atomic E-state index is 11.4. The van der Waals surface area contributed by atoms with E-state index < -0.39 is 23.2 Å². The Morgan fingerprint density at radius 1 is 1.19 bits per heavy atom. The summed E-state index contributed by atoms with van der Waals surface area (Å²) in [5, 5.41) is 2.15. The van der Waals surface area contributed by atoms with Gasteiger partial charge in [-0.1, -0.05) is 0 Å². The van der Waals surface area contributed by atoms with Crippen LogP contribution in [0.5, 0.6) is 0 Å². The molecular formula is C10H17NO5. The predicted octanol–water partition coefficient (Wildman–Crippen LogP) is 0.642. The molecule has 1 amide bonds. The Kier molecular flexibility index (Phi) is 4.47. The Labute approximate surface area is 94.3 Å². The summed E-state index contributed by atoms with van der Waals surface area (Å²) < 4.78 is 9.31. The number of aldehydes is 1. The summed E-state index contributed by atoms with van der Waals surface area (Å²) in [6.07, 6.45) is -0.560. The maximum Gasteiger partial charge on any atom is 0.408 e. The van der Waals surface area contributed by atoms with E-state index in [4.69, 9.17) is 4.74 Å². The fourth-order valence-corrected chi connectivity index (χ4v) is 0.856. The van der Waals surface area contributed by atoms with E-state index >= 15 is 0 Å². The Morgan fingerprint density at radius 3 is 2.00 bits per heavy atom. The topological polar surface area (TPSA) is 81.7 Å². The minimum atomic E-state index is -1.73. The minimum Gasteiger partial charge on any atom is -0.467 e. The molecule has 0 rings (SSSR count). The number of carbonyl (C=O) groups is 3. The molecule has 1 unspecified atom stereocenters. The van der Waals surface area contributed by atoms with Crippen LogP contribution in [-0.2, 0) is 19.1 Å². The fraction of sp³-hybridized carbons (Fsp3) is 0.700. The van der Waals surface area contributed by atoms with E-state index in [0.717, 1.165) is 7.11 Å². The van der Waals surface area contributed by atoms with Crippen molar-refractivity contribution in [3.63, 3.8) is 0 Å². The second-order valence-corrected chi connectivity index (χ2v) is 4.44. The molecule has 0 aliphatic heterocycles. The fourth-order valence-electron chi connectivity index (χ4n) is 0.856. The van der Waals surface area contributed by atoms with E-state index in [9.17, 15) is 14.4 Å². The third-order valence-electron chi connectivity index (χ3n) is 1.61. The molecule has 6 heteroatoms. The largest absolute Gasteiger partial charge is 0.467 e. The number of amides is 1. The molecule has 0 fully saturated rings. The molecule has 0 aliphatic rings. The van der Waals surface area contributed by atoms with Crippen LogP contribution in [0.15, 0.2) is 0 Å². The monoisotopic (exact) mass is 231 g/mol. The van der Waals surface area contributed by atoms with Crippen molar-refractivity contribution >= 4 is 18.3 Å². The van der Waals surface area contributed by atoms with E-state index in [-0.39, 0.29) is 0 Å². The molecular weight excluding hydrogens is 214 g/mol. The van der Waals surface area contributed by atoms with E-state index in [2.05, 4.69) is 10.1 Å². The SMILES string of the molecule is COC(=O)C(C)(C=O)NC(=O)OC(C)(C)C. The lowest BCUT2D eigenvalue weighted by atomic mass is 10.1. The van der Waals surface area contributed by atoms with Gasteiger partial charge in [-0.2, -0.15) is 0 Å². The van der Waals surface area contributed by atoms with Crippen molar-refractivity contribution in [1.82, 2.24) is 5.32 Å². The van der Waals surface area contributed by atoms with E-state index in [1.165, 1.54) is 6.92 Å². The molecule has 0 spiro atoms. The first kappa shape index (κ1) is 14.4. The summed E-state index contributed by atoms with van der Waals surface area (Å²) in [5.74, 6) is -0.853. The highest BCUT2D eigenvalue weighted by Crippen LogP contribution is 2.09. The summed E-state index contributed by atoms with van der Waals surface area (Å²) in [5.41, 5.74) is -2.43. The van der Waals surface area contributed by atoms with Crippen molar-refractivity contribution in [3.05, 3.63) is 0 Å². The van der Waals surface area contributed by atoms with Crippen molar-refractivity contribution in [3.8, 4) is 0 Å². The average molecular weight is 231 g/mol. The highest BCUT2D eigenvalue weighted by atomic mass is 16.6. The zero-order valence-electron chi connectivity index (χ0n) is 10.1. The molecule has 0 aromatic carbocycles. The molecule has 16 heavy (non-hydrogen) atoms. The molecule has 0 saturated carbocycles. The summed E-state index contributed by atoms with van der Waals surface area (Å²) in [6, 6.07) is 0. The number of nitrogens with one attached hydrogen (secondary N) is 1. The first-order valence-corrected chi connectivity index (χ1v) is 4.70. The Balaban J connectivity index is 4.62. The summed E-state index contributed by atoms with van der Waals surface area (Å²) in [4.78, 5) is 33.4. The number of carbonyl (C=O) groups excluding carboxylic acids is 3. The normalized spacial score (nSPS) is 14.6. The third kappa shape index (κ3) is 4.29. The van der Waals surface area contributed by atoms with Crippen LogP contribution < -0.4 is 5.32 Å². The van der Waals surface area contributed by atoms with Gasteiger partial charge >= 0.3 is 12.1 Å². The first-order chi connectivity index (χ1) is 7.14. The van der Waals surface area contributed by atoms with Crippen LogP contribution in [0.1, 0.15) is 27.7 Å². The number of alkyl carbamates (subject to hydrolysis) is 1. The van der Waals surface area contributed by atoms with Crippen LogP contribution in [0.25, 0.3) is 0 Å². The molecule has 0 aromatic rings. The predicted molar refractivity (Wildman–Crippen MR) is 55.9 cm³/mol. The highest BCUT2D eigenvalue weighted by Gasteiger charge is 2.37. The molecule has 1 N–H and O–H groups in total. The van der Waals surface area contributed by atoms with Crippen molar-refractivity contribution in [2.75, 3.05) is 7.11 Å². The lowest BCUT2D eigenvalue weighted by Crippen LogP contribution is -2.55. The summed E-state index contributed by atoms with van der Waals surface area (Å²) in [7, 11) is 1.13. The van der Waals surface area contributed by atoms with Gasteiger partial charge in [0, 0.05) is 0 Å². The van der Waals surface area contributed by atoms with Crippen LogP contribution >= 0.6 is 0 Å². The smallest absolute Gasteiger partial charge is 0.408 e. The van der Waals surface area contributed by atoms with Gasteiger partial charge in [-0.3, -0.25) is 5.32 Å². The quantitative estimate of drug-likeness (QED) is 0.438. The second kappa shape index (κ2) is 4.96. The number of methoxy groups -OCH3 is 1. The van der Waals surface area contributed by atoms with E-state index in [1.54, 1.807) is 20.8 Å². The first-order valence-electron chi connectivity index (χ1n) is 4.70. The molecule has 0 heterocycles. The van der Waals surface area contributed by atoms with Crippen molar-refractivity contribution in [1.29, 1.82) is 0 Å². The second-order valence-electron chi connectivity index (χ2n) is 4.44. The van der Waals surface area contributed by atoms with Crippen LogP contribution in [0.4, 0.5) is 4.79 Å². The van der Waals surface area contributed by atoms with Gasteiger partial charge in [0.2, 0.25) is 0 Å². The number of hydrogen-bond acceptors (Lipinski definition) is 5. The third-order valence-corrected chi connectivity index (χ3v) is 1.61. The number of esters is 1. The Bertz CT molecular complexity index is 294. The van der Waals surface area contributed by atoms with Crippen LogP contribution in [-0.4, -0.2) is 36.6 Å². The molecule has 0 bridgehead atoms.